The molecule has 0 aliphatic heterocycles. The van der Waals surface area contributed by atoms with Gasteiger partial charge in [-0.05, 0) is 85.8 Å². The molecule has 0 aromatic heterocycles. The summed E-state index contributed by atoms with van der Waals surface area (Å²) in [6.45, 7) is 6.80. The molecule has 4 aliphatic carbocycles. The first-order valence-electron chi connectivity index (χ1n) is 13.8. The molecule has 6 rings (SSSR count). The van der Waals surface area contributed by atoms with Gasteiger partial charge in [-0.15, -0.1) is 0 Å². The van der Waals surface area contributed by atoms with Crippen LogP contribution in [0.1, 0.15) is 99.0 Å². The molecule has 0 unspecified atom stereocenters. The zero-order valence-electron chi connectivity index (χ0n) is 21.3. The predicted molar refractivity (Wildman–Crippen MR) is 142 cm³/mol. The molecule has 2 aromatic carbocycles. The number of hydrogen-bond donors (Lipinski definition) is 0. The van der Waals surface area contributed by atoms with Crippen LogP contribution in [0.2, 0.25) is 0 Å². The fraction of sp³-hybridized carbons (Fsp3) is 0.531. The van der Waals surface area contributed by atoms with Crippen LogP contribution in [0.5, 0.6) is 11.5 Å². The van der Waals surface area contributed by atoms with E-state index in [1.54, 1.807) is 12.1 Å². The smallest absolute Gasteiger partial charge is 0.344 e. The Morgan fingerprint density at radius 3 is 2.34 bits per heavy atom. The summed E-state index contributed by atoms with van der Waals surface area (Å²) in [5.74, 6) is 3.75. The van der Waals surface area contributed by atoms with Gasteiger partial charge >= 0.3 is 5.97 Å². The summed E-state index contributed by atoms with van der Waals surface area (Å²) < 4.78 is 12.3. The van der Waals surface area contributed by atoms with E-state index in [-0.39, 0.29) is 11.4 Å². The third-order valence-electron chi connectivity index (χ3n) is 8.68. The summed E-state index contributed by atoms with van der Waals surface area (Å²) >= 11 is 0. The fourth-order valence-electron chi connectivity index (χ4n) is 7.47. The molecule has 0 radical (unpaired) electrons. The lowest BCUT2D eigenvalue weighted by Gasteiger charge is -2.57. The van der Waals surface area contributed by atoms with Crippen LogP contribution in [0.15, 0.2) is 49.0 Å². The largest absolute Gasteiger partial charge is 0.493 e. The topological polar surface area (TPSA) is 35.5 Å². The van der Waals surface area contributed by atoms with Gasteiger partial charge in [0.1, 0.15) is 11.5 Å². The van der Waals surface area contributed by atoms with Crippen molar-refractivity contribution in [2.24, 2.45) is 17.8 Å². The molecule has 0 spiro atoms. The number of hydrogen-bond acceptors (Lipinski definition) is 3. The highest BCUT2D eigenvalue weighted by atomic mass is 16.5. The first-order valence-corrected chi connectivity index (χ1v) is 13.8. The third-order valence-corrected chi connectivity index (χ3v) is 8.68. The summed E-state index contributed by atoms with van der Waals surface area (Å²) in [5, 5.41) is 0. The van der Waals surface area contributed by atoms with Crippen LogP contribution >= 0.6 is 0 Å². The van der Waals surface area contributed by atoms with Gasteiger partial charge in [0.05, 0.1) is 12.2 Å². The molecule has 4 saturated carbocycles. The van der Waals surface area contributed by atoms with Crippen molar-refractivity contribution in [2.75, 3.05) is 6.61 Å². The standard InChI is InChI=1S/C32H40O3/c1-3-5-6-7-10-15-34-30-19-27(35-31(33)28-12-9-8-11-26(28)4-2)13-14-29(30)32-20-23-16-24(21-32)18-25(17-23)22-32/h4,8-9,11-14,19,23-25H,2-3,5-7,10,15-18,20-22H2,1H3. The number of unbranched alkanes of at least 4 members (excludes halogenated alkanes) is 4. The van der Waals surface area contributed by atoms with E-state index in [0.717, 1.165) is 42.1 Å². The van der Waals surface area contributed by atoms with E-state index in [0.29, 0.717) is 11.3 Å². The molecule has 3 nitrogen and oxygen atoms in total. The number of benzene rings is 2. The molecule has 186 valence electrons. The van der Waals surface area contributed by atoms with E-state index in [1.807, 2.05) is 30.3 Å². The molecular formula is C32H40O3. The zero-order chi connectivity index (χ0) is 24.3. The Hall–Kier alpha value is -2.55. The van der Waals surface area contributed by atoms with Crippen molar-refractivity contribution in [3.63, 3.8) is 0 Å². The Labute approximate surface area is 210 Å². The highest BCUT2D eigenvalue weighted by Crippen LogP contribution is 2.62. The average Bonchev–Trinajstić information content (AvgIpc) is 2.85. The third kappa shape index (κ3) is 5.20. The Morgan fingerprint density at radius 2 is 1.66 bits per heavy atom. The maximum absolute atomic E-state index is 13.0. The lowest BCUT2D eigenvalue weighted by molar-refractivity contribution is -0.00641. The highest BCUT2D eigenvalue weighted by molar-refractivity contribution is 5.94. The molecule has 2 aromatic rings. The van der Waals surface area contributed by atoms with Crippen molar-refractivity contribution < 1.29 is 14.3 Å². The van der Waals surface area contributed by atoms with E-state index in [4.69, 9.17) is 9.47 Å². The lowest BCUT2D eigenvalue weighted by atomic mass is 9.48. The van der Waals surface area contributed by atoms with Gasteiger partial charge in [0, 0.05) is 11.6 Å². The maximum Gasteiger partial charge on any atom is 0.344 e. The van der Waals surface area contributed by atoms with E-state index < -0.39 is 0 Å². The van der Waals surface area contributed by atoms with Gasteiger partial charge in [0.2, 0.25) is 0 Å². The van der Waals surface area contributed by atoms with E-state index in [9.17, 15) is 4.79 Å². The normalized spacial score (nSPS) is 26.5. The SMILES string of the molecule is C=Cc1ccccc1C(=O)Oc1ccc(C23CC4CC(CC(C4)C2)C3)c(OCCCCCCC)c1. The van der Waals surface area contributed by atoms with E-state index >= 15 is 0 Å². The summed E-state index contributed by atoms with van der Waals surface area (Å²) in [6, 6.07) is 13.6. The maximum atomic E-state index is 13.0. The average molecular weight is 473 g/mol. The van der Waals surface area contributed by atoms with Crippen molar-refractivity contribution >= 4 is 12.0 Å². The minimum atomic E-state index is -0.353. The van der Waals surface area contributed by atoms with Crippen molar-refractivity contribution in [2.45, 2.75) is 83.0 Å². The Kier molecular flexibility index (Phi) is 7.32. The van der Waals surface area contributed by atoms with Crippen LogP contribution in [0.3, 0.4) is 0 Å². The van der Waals surface area contributed by atoms with Crippen molar-refractivity contribution in [1.29, 1.82) is 0 Å². The molecule has 4 fully saturated rings. The van der Waals surface area contributed by atoms with E-state index in [1.165, 1.54) is 69.8 Å². The van der Waals surface area contributed by atoms with Crippen LogP contribution < -0.4 is 9.47 Å². The van der Waals surface area contributed by atoms with Gasteiger partial charge < -0.3 is 9.47 Å². The summed E-state index contributed by atoms with van der Waals surface area (Å²) in [7, 11) is 0. The highest BCUT2D eigenvalue weighted by Gasteiger charge is 2.52. The minimum Gasteiger partial charge on any atom is -0.493 e. The fourth-order valence-corrected chi connectivity index (χ4v) is 7.47. The van der Waals surface area contributed by atoms with Gasteiger partial charge in [-0.25, -0.2) is 4.79 Å². The predicted octanol–water partition coefficient (Wildman–Crippen LogP) is 8.37. The number of carbonyl (C=O) groups is 1. The van der Waals surface area contributed by atoms with Crippen LogP contribution in [0.25, 0.3) is 6.08 Å². The van der Waals surface area contributed by atoms with E-state index in [2.05, 4.69) is 19.6 Å². The van der Waals surface area contributed by atoms with Crippen LogP contribution in [-0.2, 0) is 5.41 Å². The summed E-state index contributed by atoms with van der Waals surface area (Å²) in [4.78, 5) is 13.0. The molecule has 35 heavy (non-hydrogen) atoms. The number of esters is 1. The molecule has 3 heteroatoms. The Morgan fingerprint density at radius 1 is 0.971 bits per heavy atom. The van der Waals surface area contributed by atoms with Gasteiger partial charge in [-0.1, -0.05) is 69.5 Å². The number of rotatable bonds is 11. The Bertz CT molecular complexity index is 1020. The Balaban J connectivity index is 1.38. The molecule has 0 N–H and O–H groups in total. The van der Waals surface area contributed by atoms with Crippen LogP contribution in [0.4, 0.5) is 0 Å². The number of ether oxygens (including phenoxy) is 2. The molecule has 0 saturated heterocycles. The van der Waals surface area contributed by atoms with Crippen molar-refractivity contribution in [3.05, 3.63) is 65.7 Å². The van der Waals surface area contributed by atoms with Gasteiger partial charge in [0.15, 0.2) is 0 Å². The summed E-state index contributed by atoms with van der Waals surface area (Å²) in [5.41, 5.74) is 2.92. The molecule has 4 aliphatic rings. The van der Waals surface area contributed by atoms with Crippen LogP contribution in [0, 0.1) is 17.8 Å². The quantitative estimate of drug-likeness (QED) is 0.187. The molecule has 0 amide bonds. The first kappa shape index (κ1) is 24.2. The lowest BCUT2D eigenvalue weighted by Crippen LogP contribution is -2.48. The first-order chi connectivity index (χ1) is 17.1. The van der Waals surface area contributed by atoms with Crippen LogP contribution in [-0.4, -0.2) is 12.6 Å². The molecule has 0 heterocycles. The number of carbonyl (C=O) groups excluding carboxylic acids is 1. The van der Waals surface area contributed by atoms with Gasteiger partial charge in [-0.3, -0.25) is 0 Å². The summed E-state index contributed by atoms with van der Waals surface area (Å²) in [6.07, 6.45) is 15.9. The second-order valence-electron chi connectivity index (χ2n) is 11.3. The molecular weight excluding hydrogens is 432 g/mol. The monoisotopic (exact) mass is 472 g/mol. The van der Waals surface area contributed by atoms with Crippen molar-refractivity contribution in [3.8, 4) is 11.5 Å². The van der Waals surface area contributed by atoms with Crippen molar-refractivity contribution in [1.82, 2.24) is 0 Å². The van der Waals surface area contributed by atoms with Gasteiger partial charge in [-0.2, -0.15) is 0 Å². The zero-order valence-corrected chi connectivity index (χ0v) is 21.3. The second-order valence-corrected chi connectivity index (χ2v) is 11.3. The minimum absolute atomic E-state index is 0.240. The second kappa shape index (κ2) is 10.6. The molecule has 0 atom stereocenters. The molecule has 4 bridgehead atoms. The van der Waals surface area contributed by atoms with Gasteiger partial charge in [0.25, 0.3) is 0 Å².